The largest absolute Gasteiger partial charge is 0.481 e. The van der Waals surface area contributed by atoms with Crippen molar-refractivity contribution < 1.29 is 14.7 Å². The smallest absolute Gasteiger partial charge is 0.306 e. The van der Waals surface area contributed by atoms with Gasteiger partial charge in [-0.3, -0.25) is 9.59 Å². The molecule has 1 N–H and O–H groups in total. The number of hydrogen-bond donors (Lipinski definition) is 1. The van der Waals surface area contributed by atoms with Crippen molar-refractivity contribution in [3.8, 4) is 0 Å². The zero-order valence-electron chi connectivity index (χ0n) is 8.98. The highest BCUT2D eigenvalue weighted by molar-refractivity contribution is 7.14. The Morgan fingerprint density at radius 3 is 2.27 bits per heavy atom. The fourth-order valence-electron chi connectivity index (χ4n) is 1.23. The van der Waals surface area contributed by atoms with Crippen molar-refractivity contribution in [2.75, 3.05) is 0 Å². The van der Waals surface area contributed by atoms with Gasteiger partial charge in [0.25, 0.3) is 0 Å². The molecule has 0 aromatic carbocycles. The van der Waals surface area contributed by atoms with Gasteiger partial charge >= 0.3 is 5.97 Å². The molecule has 0 aliphatic rings. The predicted molar refractivity (Wildman–Crippen MR) is 59.4 cm³/mol. The maximum Gasteiger partial charge on any atom is 0.306 e. The summed E-state index contributed by atoms with van der Waals surface area (Å²) in [6, 6.07) is 3.63. The molecule has 1 rings (SSSR count). The molecule has 82 valence electrons. The summed E-state index contributed by atoms with van der Waals surface area (Å²) in [5, 5.41) is 8.80. The first-order valence-electron chi connectivity index (χ1n) is 4.77. The van der Waals surface area contributed by atoms with E-state index in [2.05, 4.69) is 0 Å². The first kappa shape index (κ1) is 11.9. The first-order valence-corrected chi connectivity index (χ1v) is 5.58. The lowest BCUT2D eigenvalue weighted by atomic mass is 9.91. The SMILES string of the molecule is Cc1ccc(C(=O)C(C)C(C)C(=O)O)s1. The van der Waals surface area contributed by atoms with Crippen LogP contribution >= 0.6 is 11.3 Å². The summed E-state index contributed by atoms with van der Waals surface area (Å²) in [5.74, 6) is -2.12. The highest BCUT2D eigenvalue weighted by Crippen LogP contribution is 2.22. The summed E-state index contributed by atoms with van der Waals surface area (Å²) in [6.07, 6.45) is 0. The summed E-state index contributed by atoms with van der Waals surface area (Å²) in [7, 11) is 0. The van der Waals surface area contributed by atoms with E-state index >= 15 is 0 Å². The number of carbonyl (C=O) groups is 2. The van der Waals surface area contributed by atoms with E-state index in [-0.39, 0.29) is 5.78 Å². The molecule has 1 aromatic heterocycles. The number of carboxylic acids is 1. The Balaban J connectivity index is 2.81. The maximum absolute atomic E-state index is 11.9. The molecule has 0 saturated carbocycles. The van der Waals surface area contributed by atoms with Gasteiger partial charge in [-0.15, -0.1) is 11.3 Å². The van der Waals surface area contributed by atoms with Gasteiger partial charge in [-0.05, 0) is 19.1 Å². The van der Waals surface area contributed by atoms with Gasteiger partial charge in [0.1, 0.15) is 0 Å². The number of aliphatic carboxylic acids is 1. The second-order valence-electron chi connectivity index (χ2n) is 3.69. The number of aryl methyl sites for hydroxylation is 1. The Morgan fingerprint density at radius 1 is 1.27 bits per heavy atom. The Morgan fingerprint density at radius 2 is 1.87 bits per heavy atom. The molecule has 0 aliphatic carbocycles. The lowest BCUT2D eigenvalue weighted by Crippen LogP contribution is -2.24. The van der Waals surface area contributed by atoms with Crippen LogP contribution in [0.15, 0.2) is 12.1 Å². The van der Waals surface area contributed by atoms with Gasteiger partial charge in [-0.25, -0.2) is 0 Å². The molecule has 0 radical (unpaired) electrons. The molecule has 2 unspecified atom stereocenters. The Kier molecular flexibility index (Phi) is 3.63. The van der Waals surface area contributed by atoms with Gasteiger partial charge in [0.15, 0.2) is 5.78 Å². The molecule has 0 amide bonds. The van der Waals surface area contributed by atoms with E-state index < -0.39 is 17.8 Å². The second-order valence-corrected chi connectivity index (χ2v) is 4.98. The number of hydrogen-bond acceptors (Lipinski definition) is 3. The van der Waals surface area contributed by atoms with Crippen LogP contribution in [0, 0.1) is 18.8 Å². The van der Waals surface area contributed by atoms with Crippen molar-refractivity contribution >= 4 is 23.1 Å². The van der Waals surface area contributed by atoms with Crippen molar-refractivity contribution in [2.45, 2.75) is 20.8 Å². The minimum absolute atomic E-state index is 0.0806. The van der Waals surface area contributed by atoms with Crippen molar-refractivity contribution in [3.63, 3.8) is 0 Å². The van der Waals surface area contributed by atoms with Gasteiger partial charge in [0.05, 0.1) is 10.8 Å². The van der Waals surface area contributed by atoms with E-state index in [9.17, 15) is 9.59 Å². The Hall–Kier alpha value is -1.16. The van der Waals surface area contributed by atoms with Gasteiger partial charge in [0, 0.05) is 10.8 Å². The summed E-state index contributed by atoms with van der Waals surface area (Å²) in [4.78, 5) is 24.3. The molecule has 1 heterocycles. The molecule has 3 nitrogen and oxygen atoms in total. The van der Waals surface area contributed by atoms with E-state index in [0.717, 1.165) is 4.88 Å². The number of carbonyl (C=O) groups excluding carboxylic acids is 1. The Labute approximate surface area is 92.7 Å². The van der Waals surface area contributed by atoms with Crippen LogP contribution in [0.1, 0.15) is 28.4 Å². The topological polar surface area (TPSA) is 54.4 Å². The summed E-state index contributed by atoms with van der Waals surface area (Å²) in [6.45, 7) is 5.15. The van der Waals surface area contributed by atoms with Crippen LogP contribution < -0.4 is 0 Å². The lowest BCUT2D eigenvalue weighted by Gasteiger charge is -2.13. The van der Waals surface area contributed by atoms with Crippen LogP contribution in [-0.2, 0) is 4.79 Å². The van der Waals surface area contributed by atoms with Crippen LogP contribution in [0.5, 0.6) is 0 Å². The van der Waals surface area contributed by atoms with Crippen molar-refractivity contribution in [1.29, 1.82) is 0 Å². The van der Waals surface area contributed by atoms with E-state index in [1.165, 1.54) is 11.3 Å². The third kappa shape index (κ3) is 2.65. The zero-order valence-corrected chi connectivity index (χ0v) is 9.80. The highest BCUT2D eigenvalue weighted by atomic mass is 32.1. The van der Waals surface area contributed by atoms with Crippen LogP contribution in [0.4, 0.5) is 0 Å². The number of carboxylic acid groups (broad SMARTS) is 1. The lowest BCUT2D eigenvalue weighted by molar-refractivity contribution is -0.142. The minimum Gasteiger partial charge on any atom is -0.481 e. The fourth-order valence-corrected chi connectivity index (χ4v) is 2.14. The van der Waals surface area contributed by atoms with Crippen molar-refractivity contribution in [1.82, 2.24) is 0 Å². The molecule has 1 aromatic rings. The average molecular weight is 226 g/mol. The first-order chi connectivity index (χ1) is 6.93. The summed E-state index contributed by atoms with van der Waals surface area (Å²) < 4.78 is 0. The van der Waals surface area contributed by atoms with Crippen LogP contribution in [0.2, 0.25) is 0 Å². The molecule has 0 fully saturated rings. The van der Waals surface area contributed by atoms with E-state index in [0.29, 0.717) is 4.88 Å². The molecule has 4 heteroatoms. The zero-order chi connectivity index (χ0) is 11.6. The standard InChI is InChI=1S/C11H14O3S/c1-6-4-5-9(15-6)10(12)7(2)8(3)11(13)14/h4-5,7-8H,1-3H3,(H,13,14). The molecular formula is C11H14O3S. The normalized spacial score (nSPS) is 14.6. The second kappa shape index (κ2) is 4.57. The highest BCUT2D eigenvalue weighted by Gasteiger charge is 2.27. The van der Waals surface area contributed by atoms with Gasteiger partial charge in [0.2, 0.25) is 0 Å². The summed E-state index contributed by atoms with van der Waals surface area (Å²) >= 11 is 1.41. The molecule has 15 heavy (non-hydrogen) atoms. The fraction of sp³-hybridized carbons (Fsp3) is 0.455. The average Bonchev–Trinajstić information content (AvgIpc) is 2.61. The third-order valence-electron chi connectivity index (χ3n) is 2.54. The molecule has 0 aliphatic heterocycles. The van der Waals surface area contributed by atoms with Gasteiger partial charge in [-0.2, -0.15) is 0 Å². The molecule has 0 saturated heterocycles. The number of thiophene rings is 1. The third-order valence-corrected chi connectivity index (χ3v) is 3.55. The van der Waals surface area contributed by atoms with Gasteiger partial charge < -0.3 is 5.11 Å². The number of rotatable bonds is 4. The van der Waals surface area contributed by atoms with Crippen molar-refractivity contribution in [2.24, 2.45) is 11.8 Å². The monoisotopic (exact) mass is 226 g/mol. The molecule has 2 atom stereocenters. The molecule has 0 bridgehead atoms. The van der Waals surface area contributed by atoms with E-state index in [1.54, 1.807) is 19.9 Å². The Bertz CT molecular complexity index is 381. The maximum atomic E-state index is 11.9. The summed E-state index contributed by atoms with van der Waals surface area (Å²) in [5.41, 5.74) is 0. The minimum atomic E-state index is -0.927. The number of Topliss-reactive ketones (excluding diaryl/α,β-unsaturated/α-hetero) is 1. The van der Waals surface area contributed by atoms with Crippen LogP contribution in [0.3, 0.4) is 0 Å². The van der Waals surface area contributed by atoms with E-state index in [4.69, 9.17) is 5.11 Å². The van der Waals surface area contributed by atoms with Crippen LogP contribution in [0.25, 0.3) is 0 Å². The van der Waals surface area contributed by atoms with Crippen LogP contribution in [-0.4, -0.2) is 16.9 Å². The predicted octanol–water partition coefficient (Wildman–Crippen LogP) is 2.60. The van der Waals surface area contributed by atoms with Crippen molar-refractivity contribution in [3.05, 3.63) is 21.9 Å². The van der Waals surface area contributed by atoms with Gasteiger partial charge in [-0.1, -0.05) is 13.8 Å². The molecule has 0 spiro atoms. The number of ketones is 1. The molecular weight excluding hydrogens is 212 g/mol. The quantitative estimate of drug-likeness (QED) is 0.803. The van der Waals surface area contributed by atoms with E-state index in [1.807, 2.05) is 13.0 Å².